The number of rotatable bonds is 4. The second-order valence-electron chi connectivity index (χ2n) is 6.37. The van der Waals surface area contributed by atoms with Gasteiger partial charge in [-0.05, 0) is 49.9 Å². The molecule has 1 unspecified atom stereocenters. The van der Waals surface area contributed by atoms with Crippen LogP contribution in [0.4, 0.5) is 5.69 Å². The SMILES string of the molecule is Cc1c(Cl)cccc1NC(=O)CCN1CCCC(C)C1.O=C(O)C(=O)O. The van der Waals surface area contributed by atoms with E-state index in [0.717, 1.165) is 36.8 Å². The molecule has 1 saturated heterocycles. The molecule has 1 aromatic rings. The van der Waals surface area contributed by atoms with Crippen molar-refractivity contribution in [3.05, 3.63) is 28.8 Å². The summed E-state index contributed by atoms with van der Waals surface area (Å²) in [6.07, 6.45) is 3.10. The van der Waals surface area contributed by atoms with Crippen LogP contribution in [-0.2, 0) is 14.4 Å². The normalized spacial score (nSPS) is 17.0. The smallest absolute Gasteiger partial charge is 0.414 e. The van der Waals surface area contributed by atoms with Gasteiger partial charge < -0.3 is 20.4 Å². The van der Waals surface area contributed by atoms with E-state index in [2.05, 4.69) is 17.1 Å². The molecule has 0 saturated carbocycles. The molecule has 1 heterocycles. The molecule has 1 fully saturated rings. The van der Waals surface area contributed by atoms with E-state index < -0.39 is 11.9 Å². The van der Waals surface area contributed by atoms with Crippen LogP contribution >= 0.6 is 11.6 Å². The van der Waals surface area contributed by atoms with Gasteiger partial charge >= 0.3 is 11.9 Å². The van der Waals surface area contributed by atoms with Crippen LogP contribution < -0.4 is 5.32 Å². The molecular formula is C18H25ClN2O5. The fourth-order valence-corrected chi connectivity index (χ4v) is 2.88. The van der Waals surface area contributed by atoms with Gasteiger partial charge in [-0.15, -0.1) is 0 Å². The molecular weight excluding hydrogens is 360 g/mol. The van der Waals surface area contributed by atoms with E-state index >= 15 is 0 Å². The molecule has 0 radical (unpaired) electrons. The lowest BCUT2D eigenvalue weighted by Gasteiger charge is -2.30. The van der Waals surface area contributed by atoms with E-state index in [9.17, 15) is 4.79 Å². The molecule has 1 aliphatic heterocycles. The molecule has 26 heavy (non-hydrogen) atoms. The Morgan fingerprint density at radius 1 is 1.27 bits per heavy atom. The van der Waals surface area contributed by atoms with Crippen molar-refractivity contribution in [2.45, 2.75) is 33.1 Å². The molecule has 1 aromatic carbocycles. The highest BCUT2D eigenvalue weighted by Gasteiger charge is 2.17. The Morgan fingerprint density at radius 3 is 2.50 bits per heavy atom. The summed E-state index contributed by atoms with van der Waals surface area (Å²) in [7, 11) is 0. The van der Waals surface area contributed by atoms with Crippen LogP contribution in [0.15, 0.2) is 18.2 Å². The number of carboxylic acids is 2. The fourth-order valence-electron chi connectivity index (χ4n) is 2.71. The maximum Gasteiger partial charge on any atom is 0.414 e. The molecule has 1 aliphatic rings. The lowest BCUT2D eigenvalue weighted by Crippen LogP contribution is -2.36. The van der Waals surface area contributed by atoms with Crippen LogP contribution in [-0.4, -0.2) is 52.6 Å². The van der Waals surface area contributed by atoms with E-state index in [1.165, 1.54) is 12.8 Å². The summed E-state index contributed by atoms with van der Waals surface area (Å²) in [6, 6.07) is 5.58. The maximum atomic E-state index is 12.0. The molecule has 144 valence electrons. The van der Waals surface area contributed by atoms with Crippen LogP contribution in [0, 0.1) is 12.8 Å². The van der Waals surface area contributed by atoms with Gasteiger partial charge in [-0.2, -0.15) is 0 Å². The van der Waals surface area contributed by atoms with Crippen molar-refractivity contribution in [2.75, 3.05) is 25.0 Å². The van der Waals surface area contributed by atoms with Gasteiger partial charge in [-0.25, -0.2) is 9.59 Å². The number of benzene rings is 1. The van der Waals surface area contributed by atoms with Gasteiger partial charge in [0, 0.05) is 30.2 Å². The van der Waals surface area contributed by atoms with Gasteiger partial charge in [0.05, 0.1) is 0 Å². The summed E-state index contributed by atoms with van der Waals surface area (Å²) in [4.78, 5) is 32.6. The van der Waals surface area contributed by atoms with Gasteiger partial charge in [-0.1, -0.05) is 24.6 Å². The average Bonchev–Trinajstić information content (AvgIpc) is 2.58. The monoisotopic (exact) mass is 384 g/mol. The number of carboxylic acid groups (broad SMARTS) is 2. The maximum absolute atomic E-state index is 12.0. The fraction of sp³-hybridized carbons (Fsp3) is 0.500. The molecule has 1 atom stereocenters. The topological polar surface area (TPSA) is 107 Å². The minimum atomic E-state index is -1.82. The highest BCUT2D eigenvalue weighted by atomic mass is 35.5. The summed E-state index contributed by atoms with van der Waals surface area (Å²) < 4.78 is 0. The van der Waals surface area contributed by atoms with E-state index in [1.807, 2.05) is 25.1 Å². The Morgan fingerprint density at radius 2 is 1.92 bits per heavy atom. The Hall–Kier alpha value is -2.12. The van der Waals surface area contributed by atoms with E-state index in [1.54, 1.807) is 0 Å². The molecule has 0 bridgehead atoms. The largest absolute Gasteiger partial charge is 0.473 e. The third-order valence-corrected chi connectivity index (χ3v) is 4.53. The summed E-state index contributed by atoms with van der Waals surface area (Å²) in [5, 5.41) is 18.4. The van der Waals surface area contributed by atoms with E-state index in [0.29, 0.717) is 11.4 Å². The van der Waals surface area contributed by atoms with Crippen LogP contribution in [0.3, 0.4) is 0 Å². The summed E-state index contributed by atoms with van der Waals surface area (Å²) in [5.74, 6) is -2.83. The van der Waals surface area contributed by atoms with Crippen LogP contribution in [0.5, 0.6) is 0 Å². The van der Waals surface area contributed by atoms with Gasteiger partial charge in [-0.3, -0.25) is 4.79 Å². The number of piperidine rings is 1. The number of likely N-dealkylation sites (tertiary alicyclic amines) is 1. The number of nitrogens with zero attached hydrogens (tertiary/aromatic N) is 1. The zero-order chi connectivity index (χ0) is 19.7. The van der Waals surface area contributed by atoms with Crippen LogP contribution in [0.2, 0.25) is 5.02 Å². The Kier molecular flexibility index (Phi) is 9.09. The van der Waals surface area contributed by atoms with Crippen molar-refractivity contribution in [2.24, 2.45) is 5.92 Å². The first-order chi connectivity index (χ1) is 12.2. The molecule has 2 rings (SSSR count). The lowest BCUT2D eigenvalue weighted by molar-refractivity contribution is -0.159. The summed E-state index contributed by atoms with van der Waals surface area (Å²) in [6.45, 7) is 7.28. The van der Waals surface area contributed by atoms with Crippen LogP contribution in [0.1, 0.15) is 31.7 Å². The third kappa shape index (κ3) is 7.84. The number of amides is 1. The minimum absolute atomic E-state index is 0.0635. The quantitative estimate of drug-likeness (QED) is 0.689. The predicted molar refractivity (Wildman–Crippen MR) is 99.5 cm³/mol. The Bertz CT molecular complexity index is 638. The molecule has 0 aromatic heterocycles. The molecule has 0 aliphatic carbocycles. The molecule has 7 nitrogen and oxygen atoms in total. The second-order valence-corrected chi connectivity index (χ2v) is 6.78. The highest BCUT2D eigenvalue weighted by Crippen LogP contribution is 2.23. The number of halogens is 1. The predicted octanol–water partition coefficient (Wildman–Crippen LogP) is 2.86. The number of anilines is 1. The average molecular weight is 385 g/mol. The first-order valence-electron chi connectivity index (χ1n) is 8.44. The second kappa shape index (κ2) is 10.8. The van der Waals surface area contributed by atoms with Crippen LogP contribution in [0.25, 0.3) is 0 Å². The summed E-state index contributed by atoms with van der Waals surface area (Å²) in [5.41, 5.74) is 1.74. The number of carbonyl (C=O) groups excluding carboxylic acids is 1. The van der Waals surface area contributed by atoms with Gasteiger partial charge in [0.1, 0.15) is 0 Å². The number of hydrogen-bond acceptors (Lipinski definition) is 4. The minimum Gasteiger partial charge on any atom is -0.473 e. The van der Waals surface area contributed by atoms with Gasteiger partial charge in [0.25, 0.3) is 0 Å². The molecule has 3 N–H and O–H groups in total. The lowest BCUT2D eigenvalue weighted by atomic mass is 10.0. The third-order valence-electron chi connectivity index (χ3n) is 4.12. The highest BCUT2D eigenvalue weighted by molar-refractivity contribution is 6.31. The van der Waals surface area contributed by atoms with Crippen molar-refractivity contribution in [3.63, 3.8) is 0 Å². The van der Waals surface area contributed by atoms with E-state index in [-0.39, 0.29) is 5.91 Å². The standard InChI is InChI=1S/C16H23ClN2O.C2H2O4/c1-12-5-4-9-19(11-12)10-8-16(20)18-15-7-3-6-14(17)13(15)2;3-1(4)2(5)6/h3,6-7,12H,4-5,8-11H2,1-2H3,(H,18,20);(H,3,4)(H,5,6). The van der Waals surface area contributed by atoms with Gasteiger partial charge in [0.2, 0.25) is 5.91 Å². The number of aliphatic carboxylic acids is 2. The first kappa shape index (κ1) is 21.9. The Balaban J connectivity index is 0.000000487. The number of carbonyl (C=O) groups is 3. The molecule has 8 heteroatoms. The number of nitrogens with one attached hydrogen (secondary N) is 1. The zero-order valence-corrected chi connectivity index (χ0v) is 15.8. The van der Waals surface area contributed by atoms with Gasteiger partial charge in [0.15, 0.2) is 0 Å². The van der Waals surface area contributed by atoms with E-state index in [4.69, 9.17) is 31.4 Å². The van der Waals surface area contributed by atoms with Crippen molar-refractivity contribution < 1.29 is 24.6 Å². The van der Waals surface area contributed by atoms with Crippen molar-refractivity contribution >= 4 is 35.1 Å². The molecule has 0 spiro atoms. The molecule has 1 amide bonds. The van der Waals surface area contributed by atoms with Crippen molar-refractivity contribution in [3.8, 4) is 0 Å². The summed E-state index contributed by atoms with van der Waals surface area (Å²) >= 11 is 6.05. The van der Waals surface area contributed by atoms with Crippen molar-refractivity contribution in [1.82, 2.24) is 4.90 Å². The zero-order valence-electron chi connectivity index (χ0n) is 15.0. The number of hydrogen-bond donors (Lipinski definition) is 3. The van der Waals surface area contributed by atoms with Crippen molar-refractivity contribution in [1.29, 1.82) is 0 Å². The first-order valence-corrected chi connectivity index (χ1v) is 8.82. The Labute approximate surface area is 157 Å².